The highest BCUT2D eigenvalue weighted by atomic mass is 16.3. The van der Waals surface area contributed by atoms with Crippen molar-refractivity contribution in [3.8, 4) is 5.75 Å². The largest absolute Gasteiger partial charge is 0.508 e. The third kappa shape index (κ3) is 4.42. The predicted octanol–water partition coefficient (Wildman–Crippen LogP) is 2.73. The lowest BCUT2D eigenvalue weighted by Gasteiger charge is -2.15. The van der Waals surface area contributed by atoms with Gasteiger partial charge >= 0.3 is 0 Å². The van der Waals surface area contributed by atoms with E-state index in [0.29, 0.717) is 6.42 Å². The summed E-state index contributed by atoms with van der Waals surface area (Å²) in [7, 11) is 2.17. The average Bonchev–Trinajstić information content (AvgIpc) is 3.46. The van der Waals surface area contributed by atoms with Crippen LogP contribution in [0.1, 0.15) is 37.1 Å². The van der Waals surface area contributed by atoms with Gasteiger partial charge in [0.15, 0.2) is 11.5 Å². The molecule has 0 amide bonds. The van der Waals surface area contributed by atoms with Gasteiger partial charge in [0, 0.05) is 19.5 Å². The number of fused-ring (bicyclic) bond motifs is 1. The van der Waals surface area contributed by atoms with Crippen molar-refractivity contribution >= 4 is 11.5 Å². The van der Waals surface area contributed by atoms with Crippen LogP contribution in [0, 0.1) is 0 Å². The van der Waals surface area contributed by atoms with Gasteiger partial charge in [-0.15, -0.1) is 15.3 Å². The zero-order valence-corrected chi connectivity index (χ0v) is 16.5. The van der Waals surface area contributed by atoms with Crippen LogP contribution in [0.15, 0.2) is 36.4 Å². The number of phenols is 1. The molecule has 0 aliphatic carbocycles. The first-order valence-electron chi connectivity index (χ1n) is 10.1. The fourth-order valence-corrected chi connectivity index (χ4v) is 3.72. The fourth-order valence-electron chi connectivity index (χ4n) is 3.72. The number of rotatable bonds is 3. The number of hydrogen-bond acceptors (Lipinski definition) is 6. The van der Waals surface area contributed by atoms with E-state index in [2.05, 4.69) is 27.0 Å². The molecular weight excluding hydrogens is 352 g/mol. The molecule has 1 aromatic carbocycles. The second-order valence-corrected chi connectivity index (χ2v) is 7.63. The van der Waals surface area contributed by atoms with E-state index in [4.69, 9.17) is 5.10 Å². The van der Waals surface area contributed by atoms with Crippen molar-refractivity contribution in [1.29, 1.82) is 0 Å². The lowest BCUT2D eigenvalue weighted by Crippen LogP contribution is -2.20. The molecular formula is C21H28N6O. The molecule has 0 radical (unpaired) electrons. The van der Waals surface area contributed by atoms with E-state index in [1.165, 1.54) is 38.8 Å². The quantitative estimate of drug-likeness (QED) is 0.753. The summed E-state index contributed by atoms with van der Waals surface area (Å²) in [6.45, 7) is 4.77. The Hall–Kier alpha value is -2.67. The topological polar surface area (TPSA) is 69.8 Å². The summed E-state index contributed by atoms with van der Waals surface area (Å²) in [6, 6.07) is 11.1. The van der Waals surface area contributed by atoms with Gasteiger partial charge in [0.1, 0.15) is 11.6 Å². The smallest absolute Gasteiger partial charge is 0.178 e. The summed E-state index contributed by atoms with van der Waals surface area (Å²) >= 11 is 0. The number of benzene rings is 1. The molecule has 148 valence electrons. The third-order valence-corrected chi connectivity index (χ3v) is 5.37. The van der Waals surface area contributed by atoms with Crippen LogP contribution in [0.25, 0.3) is 5.65 Å². The molecule has 0 bridgehead atoms. The maximum atomic E-state index is 9.36. The third-order valence-electron chi connectivity index (χ3n) is 5.37. The molecule has 2 aliphatic rings. The number of hydrogen-bond donors (Lipinski definition) is 1. The molecule has 28 heavy (non-hydrogen) atoms. The normalized spacial score (nSPS) is 17.1. The number of likely N-dealkylation sites (tertiary alicyclic amines) is 1. The van der Waals surface area contributed by atoms with Crippen molar-refractivity contribution < 1.29 is 5.11 Å². The lowest BCUT2D eigenvalue weighted by atomic mass is 10.1. The van der Waals surface area contributed by atoms with Gasteiger partial charge in [0.25, 0.3) is 0 Å². The van der Waals surface area contributed by atoms with Crippen LogP contribution in [0.5, 0.6) is 5.75 Å². The van der Waals surface area contributed by atoms with E-state index in [-0.39, 0.29) is 5.75 Å². The van der Waals surface area contributed by atoms with E-state index in [0.717, 1.165) is 35.9 Å². The highest BCUT2D eigenvalue weighted by Crippen LogP contribution is 2.19. The Morgan fingerprint density at radius 1 is 0.857 bits per heavy atom. The van der Waals surface area contributed by atoms with E-state index in [1.807, 2.05) is 28.8 Å². The Labute approximate surface area is 165 Å². The van der Waals surface area contributed by atoms with E-state index in [9.17, 15) is 5.11 Å². The predicted molar refractivity (Wildman–Crippen MR) is 110 cm³/mol. The fraction of sp³-hybridized carbons (Fsp3) is 0.476. The minimum absolute atomic E-state index is 0.268. The summed E-state index contributed by atoms with van der Waals surface area (Å²) < 4.78 is 1.82. The second kappa shape index (κ2) is 8.56. The summed E-state index contributed by atoms with van der Waals surface area (Å²) in [4.78, 5) is 4.66. The van der Waals surface area contributed by atoms with Gasteiger partial charge in [0.2, 0.25) is 0 Å². The Balaban J connectivity index is 0.000000275. The number of anilines is 1. The highest BCUT2D eigenvalue weighted by Gasteiger charge is 2.15. The zero-order chi connectivity index (χ0) is 19.3. The molecule has 2 aromatic heterocycles. The maximum Gasteiger partial charge on any atom is 0.178 e. The first-order valence-corrected chi connectivity index (χ1v) is 10.1. The molecule has 0 spiro atoms. The lowest BCUT2D eigenvalue weighted by molar-refractivity contribution is 0.418. The molecule has 7 nitrogen and oxygen atoms in total. The van der Waals surface area contributed by atoms with Crippen molar-refractivity contribution in [3.05, 3.63) is 47.8 Å². The van der Waals surface area contributed by atoms with Crippen molar-refractivity contribution in [3.63, 3.8) is 0 Å². The summed E-state index contributed by atoms with van der Waals surface area (Å²) in [5, 5.41) is 22.5. The molecule has 1 N–H and O–H groups in total. The van der Waals surface area contributed by atoms with Crippen molar-refractivity contribution in [2.45, 2.75) is 32.1 Å². The van der Waals surface area contributed by atoms with Gasteiger partial charge < -0.3 is 14.9 Å². The molecule has 4 heterocycles. The standard InChI is InChI=1S/C16H17N5O.C5H11N/c22-13-5-3-12(4-6-13)11-16-18-17-14-7-8-15(19-21(14)16)20-9-1-2-10-20;1-6-4-2-3-5-6/h3-8,22H,1-2,9-11H2;2-5H2,1H3. The van der Waals surface area contributed by atoms with Crippen molar-refractivity contribution in [2.75, 3.05) is 38.1 Å². The Morgan fingerprint density at radius 2 is 1.54 bits per heavy atom. The molecule has 2 aliphatic heterocycles. The maximum absolute atomic E-state index is 9.36. The number of phenolic OH excluding ortho intramolecular Hbond substituents is 1. The van der Waals surface area contributed by atoms with Crippen molar-refractivity contribution in [1.82, 2.24) is 24.7 Å². The molecule has 0 saturated carbocycles. The molecule has 3 aromatic rings. The first-order chi connectivity index (χ1) is 13.7. The van der Waals surface area contributed by atoms with Gasteiger partial charge in [-0.25, -0.2) is 0 Å². The minimum Gasteiger partial charge on any atom is -0.508 e. The van der Waals surface area contributed by atoms with E-state index < -0.39 is 0 Å². The molecule has 0 atom stereocenters. The van der Waals surface area contributed by atoms with Crippen molar-refractivity contribution in [2.24, 2.45) is 0 Å². The van der Waals surface area contributed by atoms with Gasteiger partial charge in [-0.05, 0) is 75.6 Å². The van der Waals surface area contributed by atoms with Crippen LogP contribution >= 0.6 is 0 Å². The van der Waals surface area contributed by atoms with Crippen LogP contribution in [-0.2, 0) is 6.42 Å². The SMILES string of the molecule is CN1CCCC1.Oc1ccc(Cc2nnc3ccc(N4CCCC4)nn23)cc1. The monoisotopic (exact) mass is 380 g/mol. The Kier molecular flexibility index (Phi) is 5.71. The van der Waals surface area contributed by atoms with Gasteiger partial charge in [0.05, 0.1) is 0 Å². The number of aromatic hydroxyl groups is 1. The van der Waals surface area contributed by atoms with Gasteiger partial charge in [-0.2, -0.15) is 4.52 Å². The molecule has 7 heteroatoms. The Morgan fingerprint density at radius 3 is 2.18 bits per heavy atom. The van der Waals surface area contributed by atoms with Gasteiger partial charge in [-0.3, -0.25) is 0 Å². The van der Waals surface area contributed by atoms with Crippen LogP contribution < -0.4 is 4.90 Å². The molecule has 5 rings (SSSR count). The van der Waals surface area contributed by atoms with Crippen LogP contribution in [0.4, 0.5) is 5.82 Å². The summed E-state index contributed by atoms with van der Waals surface area (Å²) in [5.74, 6) is 2.06. The highest BCUT2D eigenvalue weighted by molar-refractivity contribution is 5.46. The number of nitrogens with zero attached hydrogens (tertiary/aromatic N) is 6. The summed E-state index contributed by atoms with van der Waals surface area (Å²) in [5.41, 5.74) is 1.83. The first kappa shape index (κ1) is 18.7. The molecule has 0 unspecified atom stereocenters. The Bertz CT molecular complexity index is 895. The van der Waals surface area contributed by atoms with E-state index >= 15 is 0 Å². The van der Waals surface area contributed by atoms with Gasteiger partial charge in [-0.1, -0.05) is 12.1 Å². The number of aromatic nitrogens is 4. The zero-order valence-electron chi connectivity index (χ0n) is 16.5. The van der Waals surface area contributed by atoms with Crippen LogP contribution in [0.2, 0.25) is 0 Å². The summed E-state index contributed by atoms with van der Waals surface area (Å²) in [6.07, 6.45) is 5.91. The average molecular weight is 380 g/mol. The minimum atomic E-state index is 0.268. The van der Waals surface area contributed by atoms with Crippen LogP contribution in [0.3, 0.4) is 0 Å². The molecule has 2 saturated heterocycles. The second-order valence-electron chi connectivity index (χ2n) is 7.63. The van der Waals surface area contributed by atoms with Crippen LogP contribution in [-0.4, -0.2) is 63.0 Å². The molecule has 2 fully saturated rings. The van der Waals surface area contributed by atoms with E-state index in [1.54, 1.807) is 12.1 Å².